The van der Waals surface area contributed by atoms with Crippen molar-refractivity contribution in [2.45, 2.75) is 38.9 Å². The van der Waals surface area contributed by atoms with E-state index in [4.69, 9.17) is 10.5 Å². The lowest BCUT2D eigenvalue weighted by molar-refractivity contribution is -0.302. The average molecular weight is 176 g/mol. The second-order valence-corrected chi connectivity index (χ2v) is 3.72. The summed E-state index contributed by atoms with van der Waals surface area (Å²) < 4.78 is 0. The van der Waals surface area contributed by atoms with Gasteiger partial charge in [-0.25, -0.2) is 9.78 Å². The Bertz CT molecular complexity index is 142. The third-order valence-corrected chi connectivity index (χ3v) is 1.36. The first-order valence-corrected chi connectivity index (χ1v) is 3.68. The first kappa shape index (κ1) is 11.6. The first-order valence-electron chi connectivity index (χ1n) is 3.68. The largest absolute Gasteiger partial charge is 0.251 e. The van der Waals surface area contributed by atoms with Crippen molar-refractivity contribution in [3.8, 4) is 0 Å². The van der Waals surface area contributed by atoms with E-state index in [0.29, 0.717) is 0 Å². The maximum atomic E-state index is 8.41. The minimum Gasteiger partial charge on any atom is -0.251 e. The molecule has 4 heteroatoms. The van der Waals surface area contributed by atoms with E-state index in [1.54, 1.807) is 39.8 Å². The van der Waals surface area contributed by atoms with E-state index >= 15 is 0 Å². The van der Waals surface area contributed by atoms with Crippen molar-refractivity contribution in [2.75, 3.05) is 0 Å². The Morgan fingerprint density at radius 3 is 1.25 bits per heavy atom. The third-order valence-electron chi connectivity index (χ3n) is 1.36. The van der Waals surface area contributed by atoms with Crippen LogP contribution in [-0.2, 0) is 9.78 Å². The Hall–Kier alpha value is -0.420. The van der Waals surface area contributed by atoms with Gasteiger partial charge in [0, 0.05) is 0 Å². The van der Waals surface area contributed by atoms with Gasteiger partial charge >= 0.3 is 0 Å². The summed E-state index contributed by atoms with van der Waals surface area (Å²) in [5.41, 5.74) is -1.54. The molecule has 0 aromatic heterocycles. The summed E-state index contributed by atoms with van der Waals surface area (Å²) in [4.78, 5) is 8.31. The van der Waals surface area contributed by atoms with Gasteiger partial charge in [0.1, 0.15) is 11.2 Å². The van der Waals surface area contributed by atoms with Gasteiger partial charge in [-0.1, -0.05) is 12.2 Å². The van der Waals surface area contributed by atoms with Crippen LogP contribution in [0.2, 0.25) is 0 Å². The molecule has 2 N–H and O–H groups in total. The maximum absolute atomic E-state index is 8.41. The van der Waals surface area contributed by atoms with Crippen molar-refractivity contribution < 1.29 is 20.3 Å². The predicted octanol–water partition coefficient (Wildman–Crippen LogP) is 2.08. The van der Waals surface area contributed by atoms with Crippen LogP contribution in [0.15, 0.2) is 12.2 Å². The van der Waals surface area contributed by atoms with E-state index in [-0.39, 0.29) is 0 Å². The summed E-state index contributed by atoms with van der Waals surface area (Å²) in [7, 11) is 0. The Morgan fingerprint density at radius 1 is 0.833 bits per heavy atom. The highest BCUT2D eigenvalue weighted by molar-refractivity contribution is 5.03. The fourth-order valence-electron chi connectivity index (χ4n) is 0.462. The van der Waals surface area contributed by atoms with E-state index in [9.17, 15) is 0 Å². The molecule has 0 spiro atoms. The molecule has 72 valence electrons. The number of rotatable bonds is 4. The molecule has 0 bridgehead atoms. The molecule has 0 fully saturated rings. The molecule has 0 aliphatic rings. The van der Waals surface area contributed by atoms with Gasteiger partial charge in [-0.3, -0.25) is 10.5 Å². The summed E-state index contributed by atoms with van der Waals surface area (Å²) in [6, 6.07) is 0. The Balaban J connectivity index is 4.23. The molecule has 0 heterocycles. The number of hydrogen-bond acceptors (Lipinski definition) is 4. The van der Waals surface area contributed by atoms with Crippen LogP contribution >= 0.6 is 0 Å². The summed E-state index contributed by atoms with van der Waals surface area (Å²) in [5.74, 6) is 0. The van der Waals surface area contributed by atoms with Crippen LogP contribution in [0, 0.1) is 0 Å². The molecule has 0 saturated heterocycles. The van der Waals surface area contributed by atoms with Crippen LogP contribution in [-0.4, -0.2) is 21.7 Å². The fourth-order valence-corrected chi connectivity index (χ4v) is 0.462. The molecule has 0 unspecified atom stereocenters. The minimum atomic E-state index is -0.768. The van der Waals surface area contributed by atoms with Crippen LogP contribution in [0.5, 0.6) is 0 Å². The van der Waals surface area contributed by atoms with E-state index in [1.807, 2.05) is 0 Å². The second kappa shape index (κ2) is 4.00. The molecule has 0 aliphatic heterocycles. The van der Waals surface area contributed by atoms with Crippen molar-refractivity contribution in [1.82, 2.24) is 0 Å². The highest BCUT2D eigenvalue weighted by Crippen LogP contribution is 2.15. The van der Waals surface area contributed by atoms with E-state index in [2.05, 4.69) is 9.78 Å². The molecular weight excluding hydrogens is 160 g/mol. The second-order valence-electron chi connectivity index (χ2n) is 3.72. The lowest BCUT2D eigenvalue weighted by Gasteiger charge is -2.19. The Morgan fingerprint density at radius 2 is 1.08 bits per heavy atom. The molecule has 12 heavy (non-hydrogen) atoms. The quantitative estimate of drug-likeness (QED) is 0.391. The van der Waals surface area contributed by atoms with Crippen molar-refractivity contribution in [3.05, 3.63) is 12.2 Å². The molecule has 0 rings (SSSR count). The van der Waals surface area contributed by atoms with Gasteiger partial charge in [0.15, 0.2) is 0 Å². The van der Waals surface area contributed by atoms with Gasteiger partial charge < -0.3 is 0 Å². The van der Waals surface area contributed by atoms with Gasteiger partial charge in [-0.2, -0.15) is 0 Å². The lowest BCUT2D eigenvalue weighted by Crippen LogP contribution is -2.24. The zero-order valence-electron chi connectivity index (χ0n) is 7.87. The molecular formula is C8H16O4. The Kier molecular flexibility index (Phi) is 3.86. The highest BCUT2D eigenvalue weighted by Gasteiger charge is 2.19. The van der Waals surface area contributed by atoms with Crippen LogP contribution in [0.1, 0.15) is 27.7 Å². The van der Waals surface area contributed by atoms with E-state index < -0.39 is 11.2 Å². The maximum Gasteiger partial charge on any atom is 0.116 e. The first-order chi connectivity index (χ1) is 5.33. The van der Waals surface area contributed by atoms with Gasteiger partial charge in [-0.15, -0.1) is 0 Å². The average Bonchev–Trinajstić information content (AvgIpc) is 2.02. The molecule has 0 aromatic rings. The SMILES string of the molecule is CC(C)(/C=C/C(C)(C)OO)OO. The minimum absolute atomic E-state index is 0.768. The highest BCUT2D eigenvalue weighted by atomic mass is 17.1. The molecule has 0 aliphatic carbocycles. The summed E-state index contributed by atoms with van der Waals surface area (Å²) in [6.45, 7) is 6.71. The van der Waals surface area contributed by atoms with Crippen LogP contribution in [0.25, 0.3) is 0 Å². The monoisotopic (exact) mass is 176 g/mol. The van der Waals surface area contributed by atoms with Crippen LogP contribution < -0.4 is 0 Å². The number of hydrogen-bond donors (Lipinski definition) is 2. The van der Waals surface area contributed by atoms with Crippen LogP contribution in [0.4, 0.5) is 0 Å². The molecule has 0 aromatic carbocycles. The van der Waals surface area contributed by atoms with Gasteiger partial charge in [0.05, 0.1) is 0 Å². The van der Waals surface area contributed by atoms with Crippen molar-refractivity contribution in [1.29, 1.82) is 0 Å². The zero-order chi connectivity index (χ0) is 9.83. The molecule has 0 radical (unpaired) electrons. The molecule has 0 amide bonds. The summed E-state index contributed by atoms with van der Waals surface area (Å²) >= 11 is 0. The van der Waals surface area contributed by atoms with Gasteiger partial charge in [0.25, 0.3) is 0 Å². The van der Waals surface area contributed by atoms with Crippen molar-refractivity contribution in [3.63, 3.8) is 0 Å². The van der Waals surface area contributed by atoms with Gasteiger partial charge in [-0.05, 0) is 27.7 Å². The van der Waals surface area contributed by atoms with Crippen LogP contribution in [0.3, 0.4) is 0 Å². The van der Waals surface area contributed by atoms with Crippen molar-refractivity contribution >= 4 is 0 Å². The lowest BCUT2D eigenvalue weighted by atomic mass is 10.0. The van der Waals surface area contributed by atoms with E-state index in [1.165, 1.54) is 0 Å². The predicted molar refractivity (Wildman–Crippen MR) is 44.7 cm³/mol. The van der Waals surface area contributed by atoms with Crippen molar-refractivity contribution in [2.24, 2.45) is 0 Å². The zero-order valence-corrected chi connectivity index (χ0v) is 7.87. The fraction of sp³-hybridized carbons (Fsp3) is 0.750. The third kappa shape index (κ3) is 4.46. The van der Waals surface area contributed by atoms with Gasteiger partial charge in [0.2, 0.25) is 0 Å². The topological polar surface area (TPSA) is 58.9 Å². The summed E-state index contributed by atoms with van der Waals surface area (Å²) in [5, 5.41) is 16.8. The molecule has 0 saturated carbocycles. The Labute approximate surface area is 72.3 Å². The summed E-state index contributed by atoms with van der Waals surface area (Å²) in [6.07, 6.45) is 3.20. The normalized spacial score (nSPS) is 14.2. The molecule has 4 nitrogen and oxygen atoms in total. The molecule has 0 atom stereocenters. The standard InChI is InChI=1S/C8H16O4/c1-7(2,11-9)5-6-8(3,4)12-10/h5-6,9-10H,1-4H3/b6-5+. The van der Waals surface area contributed by atoms with E-state index in [0.717, 1.165) is 0 Å². The smallest absolute Gasteiger partial charge is 0.116 e.